The summed E-state index contributed by atoms with van der Waals surface area (Å²) in [6.07, 6.45) is -0.151. The molecule has 0 aliphatic rings. The maximum atomic E-state index is 11.6. The smallest absolute Gasteiger partial charge is 0.167 e. The normalized spacial score (nSPS) is 12.9. The third kappa shape index (κ3) is 2.58. The molecule has 15 heavy (non-hydrogen) atoms. The van der Waals surface area contributed by atoms with Gasteiger partial charge in [0.05, 0.1) is 22.8 Å². The molecule has 1 heterocycles. The van der Waals surface area contributed by atoms with Crippen molar-refractivity contribution in [2.75, 3.05) is 7.11 Å². The monoisotopic (exact) mass is 230 g/mol. The van der Waals surface area contributed by atoms with Crippen molar-refractivity contribution in [1.82, 2.24) is 9.78 Å². The molecule has 1 aromatic rings. The van der Waals surface area contributed by atoms with Crippen LogP contribution in [-0.2, 0) is 23.0 Å². The zero-order valence-corrected chi connectivity index (χ0v) is 10.1. The molecule has 0 N–H and O–H groups in total. The van der Waals surface area contributed by atoms with Gasteiger partial charge in [-0.1, -0.05) is 11.6 Å². The summed E-state index contributed by atoms with van der Waals surface area (Å²) in [5, 5.41) is 4.70. The lowest BCUT2D eigenvalue weighted by molar-refractivity contribution is -0.127. The van der Waals surface area contributed by atoms with Gasteiger partial charge < -0.3 is 4.74 Å². The molecule has 1 rings (SSSR count). The molecule has 1 unspecified atom stereocenters. The lowest BCUT2D eigenvalue weighted by Crippen LogP contribution is -2.22. The largest absolute Gasteiger partial charge is 0.374 e. The van der Waals surface area contributed by atoms with E-state index in [1.807, 2.05) is 6.92 Å². The summed E-state index contributed by atoms with van der Waals surface area (Å²) in [6.45, 7) is 3.54. The van der Waals surface area contributed by atoms with Crippen molar-refractivity contribution in [2.24, 2.45) is 7.05 Å². The first-order valence-corrected chi connectivity index (χ1v) is 5.08. The molecule has 4 nitrogen and oxygen atoms in total. The lowest BCUT2D eigenvalue weighted by Gasteiger charge is -2.08. The molecule has 84 valence electrons. The van der Waals surface area contributed by atoms with Crippen molar-refractivity contribution in [3.05, 3.63) is 16.4 Å². The summed E-state index contributed by atoms with van der Waals surface area (Å²) in [4.78, 5) is 11.6. The van der Waals surface area contributed by atoms with E-state index < -0.39 is 6.10 Å². The van der Waals surface area contributed by atoms with Crippen LogP contribution in [-0.4, -0.2) is 28.8 Å². The van der Waals surface area contributed by atoms with E-state index in [-0.39, 0.29) is 12.2 Å². The topological polar surface area (TPSA) is 44.1 Å². The van der Waals surface area contributed by atoms with Crippen LogP contribution in [0.5, 0.6) is 0 Å². The molecule has 0 radical (unpaired) electrons. The van der Waals surface area contributed by atoms with Crippen LogP contribution in [0.3, 0.4) is 0 Å². The van der Waals surface area contributed by atoms with Gasteiger partial charge in [0.2, 0.25) is 0 Å². The predicted molar refractivity (Wildman–Crippen MR) is 58.1 cm³/mol. The van der Waals surface area contributed by atoms with Crippen molar-refractivity contribution < 1.29 is 9.53 Å². The van der Waals surface area contributed by atoms with E-state index in [1.54, 1.807) is 18.7 Å². The molecule has 0 fully saturated rings. The first-order chi connectivity index (χ1) is 6.97. The van der Waals surface area contributed by atoms with Gasteiger partial charge in [-0.25, -0.2) is 0 Å². The summed E-state index contributed by atoms with van der Waals surface area (Å²) >= 11 is 6.03. The molecule has 0 saturated heterocycles. The highest BCUT2D eigenvalue weighted by molar-refractivity contribution is 6.32. The molecule has 1 atom stereocenters. The number of hydrogen-bond acceptors (Lipinski definition) is 3. The average molecular weight is 231 g/mol. The van der Waals surface area contributed by atoms with E-state index >= 15 is 0 Å². The summed E-state index contributed by atoms with van der Waals surface area (Å²) < 4.78 is 6.59. The SMILES string of the molecule is COC(C)C(=O)Cc1c(Cl)c(C)nn1C. The Balaban J connectivity index is 2.85. The van der Waals surface area contributed by atoms with Gasteiger partial charge >= 0.3 is 0 Å². The number of methoxy groups -OCH3 is 1. The predicted octanol–water partition coefficient (Wildman–Crippen LogP) is 1.53. The number of halogens is 1. The van der Waals surface area contributed by atoms with E-state index in [0.29, 0.717) is 5.02 Å². The van der Waals surface area contributed by atoms with Crippen molar-refractivity contribution in [2.45, 2.75) is 26.4 Å². The number of aryl methyl sites for hydroxylation is 2. The first-order valence-electron chi connectivity index (χ1n) is 4.70. The molecule has 0 amide bonds. The zero-order valence-electron chi connectivity index (χ0n) is 9.37. The van der Waals surface area contributed by atoms with Gasteiger partial charge in [-0.15, -0.1) is 0 Å². The van der Waals surface area contributed by atoms with Crippen molar-refractivity contribution in [3.8, 4) is 0 Å². The van der Waals surface area contributed by atoms with Gasteiger partial charge in [0, 0.05) is 14.2 Å². The second-order valence-corrected chi connectivity index (χ2v) is 3.87. The number of nitrogens with zero attached hydrogens (tertiary/aromatic N) is 2. The second kappa shape index (κ2) is 4.77. The lowest BCUT2D eigenvalue weighted by atomic mass is 10.1. The Morgan fingerprint density at radius 3 is 2.67 bits per heavy atom. The van der Waals surface area contributed by atoms with Crippen molar-refractivity contribution in [1.29, 1.82) is 0 Å². The Hall–Kier alpha value is -0.870. The number of carbonyl (C=O) groups is 1. The highest BCUT2D eigenvalue weighted by Crippen LogP contribution is 2.20. The molecule has 0 aromatic carbocycles. The fraction of sp³-hybridized carbons (Fsp3) is 0.600. The number of hydrogen-bond donors (Lipinski definition) is 0. The second-order valence-electron chi connectivity index (χ2n) is 3.49. The van der Waals surface area contributed by atoms with E-state index in [1.165, 1.54) is 7.11 Å². The van der Waals surface area contributed by atoms with Crippen LogP contribution in [0.25, 0.3) is 0 Å². The average Bonchev–Trinajstić information content (AvgIpc) is 2.43. The fourth-order valence-electron chi connectivity index (χ4n) is 1.31. The van der Waals surface area contributed by atoms with Crippen molar-refractivity contribution >= 4 is 17.4 Å². The van der Waals surface area contributed by atoms with Crippen LogP contribution in [0.15, 0.2) is 0 Å². The number of carbonyl (C=O) groups excluding carboxylic acids is 1. The van der Waals surface area contributed by atoms with Crippen molar-refractivity contribution in [3.63, 3.8) is 0 Å². The van der Waals surface area contributed by atoms with Gasteiger partial charge in [-0.3, -0.25) is 9.48 Å². The van der Waals surface area contributed by atoms with Crippen LogP contribution < -0.4 is 0 Å². The number of ketones is 1. The van der Waals surface area contributed by atoms with Crippen LogP contribution in [0.2, 0.25) is 5.02 Å². The van der Waals surface area contributed by atoms with E-state index in [2.05, 4.69) is 5.10 Å². The van der Waals surface area contributed by atoms with Crippen LogP contribution >= 0.6 is 11.6 Å². The van der Waals surface area contributed by atoms with E-state index in [4.69, 9.17) is 16.3 Å². The van der Waals surface area contributed by atoms with Crippen LogP contribution in [0, 0.1) is 6.92 Å². The Morgan fingerprint density at radius 1 is 1.67 bits per heavy atom. The number of ether oxygens (including phenoxy) is 1. The molecule has 5 heteroatoms. The van der Waals surface area contributed by atoms with Crippen LogP contribution in [0.4, 0.5) is 0 Å². The summed E-state index contributed by atoms with van der Waals surface area (Å²) in [5.74, 6) is 0.00222. The maximum absolute atomic E-state index is 11.6. The summed E-state index contributed by atoms with van der Waals surface area (Å²) in [5.41, 5.74) is 1.48. The maximum Gasteiger partial charge on any atom is 0.167 e. The fourth-order valence-corrected chi connectivity index (χ4v) is 1.54. The van der Waals surface area contributed by atoms with Gasteiger partial charge in [0.25, 0.3) is 0 Å². The highest BCUT2D eigenvalue weighted by atomic mass is 35.5. The minimum Gasteiger partial charge on any atom is -0.374 e. The zero-order chi connectivity index (χ0) is 11.6. The Morgan fingerprint density at radius 2 is 2.27 bits per heavy atom. The minimum atomic E-state index is -0.406. The number of rotatable bonds is 4. The summed E-state index contributed by atoms with van der Waals surface area (Å²) in [7, 11) is 3.29. The minimum absolute atomic E-state index is 0.00222. The molecular formula is C10H15ClN2O2. The molecule has 0 aliphatic carbocycles. The third-order valence-corrected chi connectivity index (χ3v) is 2.90. The van der Waals surface area contributed by atoms with Gasteiger partial charge in [-0.05, 0) is 13.8 Å². The Labute approximate surface area is 94.2 Å². The first kappa shape index (κ1) is 12.2. The van der Waals surface area contributed by atoms with Gasteiger partial charge in [-0.2, -0.15) is 5.10 Å². The van der Waals surface area contributed by atoms with E-state index in [9.17, 15) is 4.79 Å². The standard InChI is InChI=1S/C10H15ClN2O2/c1-6-10(11)8(13(3)12-6)5-9(14)7(2)15-4/h7H,5H2,1-4H3. The highest BCUT2D eigenvalue weighted by Gasteiger charge is 2.18. The molecule has 0 spiro atoms. The number of aromatic nitrogens is 2. The third-order valence-electron chi connectivity index (χ3n) is 2.41. The van der Waals surface area contributed by atoms with E-state index in [0.717, 1.165) is 11.4 Å². The quantitative estimate of drug-likeness (QED) is 0.788. The summed E-state index contributed by atoms with van der Waals surface area (Å²) in [6, 6.07) is 0. The molecule has 1 aromatic heterocycles. The Kier molecular flexibility index (Phi) is 3.88. The molecule has 0 bridgehead atoms. The molecule has 0 aliphatic heterocycles. The van der Waals surface area contributed by atoms with Crippen LogP contribution in [0.1, 0.15) is 18.3 Å². The Bertz CT molecular complexity index is 374. The number of Topliss-reactive ketones (excluding diaryl/α,β-unsaturated/α-hetero) is 1. The molecule has 0 saturated carbocycles. The van der Waals surface area contributed by atoms with Gasteiger partial charge in [0.15, 0.2) is 5.78 Å². The molecular weight excluding hydrogens is 216 g/mol. The van der Waals surface area contributed by atoms with Gasteiger partial charge in [0.1, 0.15) is 6.10 Å².